The number of rotatable bonds is 7. The van der Waals surface area contributed by atoms with Gasteiger partial charge in [0.15, 0.2) is 0 Å². The minimum absolute atomic E-state index is 0.0705. The number of alkyl halides is 3. The highest BCUT2D eigenvalue weighted by Gasteiger charge is 2.31. The number of piperidine rings is 1. The van der Waals surface area contributed by atoms with E-state index in [-0.39, 0.29) is 5.91 Å². The van der Waals surface area contributed by atoms with Gasteiger partial charge in [-0.2, -0.15) is 13.2 Å². The van der Waals surface area contributed by atoms with Gasteiger partial charge in [-0.1, -0.05) is 36.4 Å². The molecule has 198 valence electrons. The molecule has 1 aromatic heterocycles. The topological polar surface area (TPSA) is 50.2 Å². The summed E-state index contributed by atoms with van der Waals surface area (Å²) >= 11 is 0. The molecule has 8 heteroatoms. The van der Waals surface area contributed by atoms with Crippen LogP contribution in [0.3, 0.4) is 0 Å². The monoisotopic (exact) mass is 520 g/mol. The minimum atomic E-state index is -4.40. The third-order valence-corrected chi connectivity index (χ3v) is 7.22. The second-order valence-corrected chi connectivity index (χ2v) is 9.93. The Hall–Kier alpha value is -3.65. The normalized spacial score (nSPS) is 15.2. The Morgan fingerprint density at radius 2 is 1.74 bits per heavy atom. The Labute approximate surface area is 220 Å². The molecule has 0 unspecified atom stereocenters. The Morgan fingerprint density at radius 1 is 0.974 bits per heavy atom. The van der Waals surface area contributed by atoms with Crippen molar-refractivity contribution in [2.24, 2.45) is 0 Å². The van der Waals surface area contributed by atoms with Crippen LogP contribution in [0.5, 0.6) is 0 Å². The number of aryl methyl sites for hydroxylation is 1. The zero-order valence-electron chi connectivity index (χ0n) is 21.3. The van der Waals surface area contributed by atoms with Crippen LogP contribution < -0.4 is 5.32 Å². The van der Waals surface area contributed by atoms with Crippen molar-refractivity contribution < 1.29 is 18.0 Å². The van der Waals surface area contributed by atoms with Gasteiger partial charge in [0, 0.05) is 24.7 Å². The molecule has 1 fully saturated rings. The van der Waals surface area contributed by atoms with E-state index in [1.807, 2.05) is 41.0 Å². The highest BCUT2D eigenvalue weighted by Crippen LogP contribution is 2.33. The molecule has 0 radical (unpaired) electrons. The standard InChI is InChI=1S/C30H31F3N4O/c1-21(38)34-26-10-5-7-23(20-26)22-13-17-36(18-14-22)15-6-16-37-28-12-3-2-11-27(28)35-29(37)24-8-4-9-25(19-24)30(31,32)33/h2-5,7-12,19-20,22H,6,13-18H2,1H3,(H,34,38). The molecule has 1 amide bonds. The smallest absolute Gasteiger partial charge is 0.326 e. The summed E-state index contributed by atoms with van der Waals surface area (Å²) in [4.78, 5) is 18.5. The molecule has 4 aromatic rings. The summed E-state index contributed by atoms with van der Waals surface area (Å²) in [6.07, 6.45) is -1.43. The van der Waals surface area contributed by atoms with Crippen LogP contribution in [0.25, 0.3) is 22.4 Å². The number of fused-ring (bicyclic) bond motifs is 1. The summed E-state index contributed by atoms with van der Waals surface area (Å²) < 4.78 is 42.1. The van der Waals surface area contributed by atoms with Crippen molar-refractivity contribution in [1.29, 1.82) is 0 Å². The molecule has 38 heavy (non-hydrogen) atoms. The number of likely N-dealkylation sites (tertiary alicyclic amines) is 1. The number of carbonyl (C=O) groups excluding carboxylic acids is 1. The molecule has 0 aliphatic carbocycles. The van der Waals surface area contributed by atoms with Crippen LogP contribution in [0.2, 0.25) is 0 Å². The Balaban J connectivity index is 1.24. The third kappa shape index (κ3) is 5.91. The Bertz CT molecular complexity index is 1420. The van der Waals surface area contributed by atoms with Crippen molar-refractivity contribution in [2.75, 3.05) is 25.0 Å². The second-order valence-electron chi connectivity index (χ2n) is 9.93. The molecule has 1 aliphatic rings. The van der Waals surface area contributed by atoms with Gasteiger partial charge < -0.3 is 14.8 Å². The molecule has 0 atom stereocenters. The number of carbonyl (C=O) groups is 1. The van der Waals surface area contributed by atoms with Crippen LogP contribution in [-0.4, -0.2) is 40.0 Å². The van der Waals surface area contributed by atoms with Gasteiger partial charge in [-0.3, -0.25) is 4.79 Å². The zero-order valence-corrected chi connectivity index (χ0v) is 21.3. The molecule has 1 saturated heterocycles. The number of aromatic nitrogens is 2. The fourth-order valence-electron chi connectivity index (χ4n) is 5.37. The predicted octanol–water partition coefficient (Wildman–Crippen LogP) is 6.95. The first-order valence-electron chi connectivity index (χ1n) is 13.0. The van der Waals surface area contributed by atoms with E-state index in [2.05, 4.69) is 22.3 Å². The minimum Gasteiger partial charge on any atom is -0.326 e. The number of hydrogen-bond donors (Lipinski definition) is 1. The van der Waals surface area contributed by atoms with Gasteiger partial charge in [-0.05, 0) is 86.8 Å². The van der Waals surface area contributed by atoms with Crippen LogP contribution in [0, 0.1) is 0 Å². The highest BCUT2D eigenvalue weighted by atomic mass is 19.4. The lowest BCUT2D eigenvalue weighted by Gasteiger charge is -2.32. The van der Waals surface area contributed by atoms with Crippen LogP contribution >= 0.6 is 0 Å². The number of anilines is 1. The molecular formula is C30H31F3N4O. The summed E-state index contributed by atoms with van der Waals surface area (Å²) in [5.74, 6) is 0.957. The summed E-state index contributed by atoms with van der Waals surface area (Å²) in [7, 11) is 0. The van der Waals surface area contributed by atoms with E-state index in [9.17, 15) is 18.0 Å². The van der Waals surface area contributed by atoms with E-state index in [1.54, 1.807) is 6.07 Å². The molecular weight excluding hydrogens is 489 g/mol. The largest absolute Gasteiger partial charge is 0.416 e. The number of benzene rings is 3. The number of imidazole rings is 1. The van der Waals surface area contributed by atoms with Crippen molar-refractivity contribution in [3.05, 3.63) is 83.9 Å². The van der Waals surface area contributed by atoms with Crippen molar-refractivity contribution in [3.63, 3.8) is 0 Å². The molecule has 0 spiro atoms. The summed E-state index contributed by atoms with van der Waals surface area (Å²) in [5, 5.41) is 2.86. The number of hydrogen-bond acceptors (Lipinski definition) is 3. The van der Waals surface area contributed by atoms with E-state index in [4.69, 9.17) is 4.98 Å². The third-order valence-electron chi connectivity index (χ3n) is 7.22. The van der Waals surface area contributed by atoms with Crippen molar-refractivity contribution in [3.8, 4) is 11.4 Å². The molecule has 0 bridgehead atoms. The van der Waals surface area contributed by atoms with Crippen LogP contribution in [0.15, 0.2) is 72.8 Å². The molecule has 5 rings (SSSR count). The van der Waals surface area contributed by atoms with Gasteiger partial charge in [-0.25, -0.2) is 4.98 Å². The van der Waals surface area contributed by atoms with Crippen LogP contribution in [-0.2, 0) is 17.5 Å². The van der Waals surface area contributed by atoms with Gasteiger partial charge >= 0.3 is 6.18 Å². The lowest BCUT2D eigenvalue weighted by Crippen LogP contribution is -2.34. The maximum absolute atomic E-state index is 13.4. The number of nitrogens with zero attached hydrogens (tertiary/aromatic N) is 3. The van der Waals surface area contributed by atoms with Gasteiger partial charge in [0.2, 0.25) is 5.91 Å². The number of nitrogens with one attached hydrogen (secondary N) is 1. The van der Waals surface area contributed by atoms with Gasteiger partial charge in [-0.15, -0.1) is 0 Å². The van der Waals surface area contributed by atoms with E-state index in [0.717, 1.165) is 61.7 Å². The van der Waals surface area contributed by atoms with Crippen molar-refractivity contribution >= 4 is 22.6 Å². The van der Waals surface area contributed by atoms with Crippen LogP contribution in [0.1, 0.15) is 43.2 Å². The summed E-state index contributed by atoms with van der Waals surface area (Å²) in [6.45, 7) is 5.07. The predicted molar refractivity (Wildman–Crippen MR) is 144 cm³/mol. The van der Waals surface area contributed by atoms with Crippen LogP contribution in [0.4, 0.5) is 18.9 Å². The summed E-state index contributed by atoms with van der Waals surface area (Å²) in [5.41, 5.74) is 3.60. The average molecular weight is 521 g/mol. The Kier molecular flexibility index (Phi) is 7.51. The first kappa shape index (κ1) is 26.0. The zero-order chi connectivity index (χ0) is 26.7. The van der Waals surface area contributed by atoms with Gasteiger partial charge in [0.25, 0.3) is 0 Å². The second kappa shape index (κ2) is 11.0. The average Bonchev–Trinajstić information content (AvgIpc) is 3.27. The van der Waals surface area contributed by atoms with Gasteiger partial charge in [0.05, 0.1) is 16.6 Å². The van der Waals surface area contributed by atoms with Crippen molar-refractivity contribution in [2.45, 2.75) is 44.8 Å². The highest BCUT2D eigenvalue weighted by molar-refractivity contribution is 5.88. The fraction of sp³-hybridized carbons (Fsp3) is 0.333. The Morgan fingerprint density at radius 3 is 2.50 bits per heavy atom. The molecule has 5 nitrogen and oxygen atoms in total. The van der Waals surface area contributed by atoms with E-state index in [0.29, 0.717) is 23.9 Å². The SMILES string of the molecule is CC(=O)Nc1cccc(C2CCN(CCCn3c(-c4cccc(C(F)(F)F)c4)nc4ccccc43)CC2)c1. The van der Waals surface area contributed by atoms with Crippen molar-refractivity contribution in [1.82, 2.24) is 14.5 Å². The molecule has 1 aliphatic heterocycles. The maximum atomic E-state index is 13.4. The molecule has 2 heterocycles. The van der Waals surface area contributed by atoms with E-state index in [1.165, 1.54) is 24.6 Å². The number of amides is 1. The number of para-hydroxylation sites is 2. The fourth-order valence-corrected chi connectivity index (χ4v) is 5.37. The van der Waals surface area contributed by atoms with E-state index >= 15 is 0 Å². The van der Waals surface area contributed by atoms with E-state index < -0.39 is 11.7 Å². The molecule has 0 saturated carbocycles. The number of halogens is 3. The maximum Gasteiger partial charge on any atom is 0.416 e. The first-order valence-corrected chi connectivity index (χ1v) is 13.0. The lowest BCUT2D eigenvalue weighted by molar-refractivity contribution is -0.137. The lowest BCUT2D eigenvalue weighted by atomic mass is 9.89. The first-order chi connectivity index (χ1) is 18.3. The summed E-state index contributed by atoms with van der Waals surface area (Å²) in [6, 6.07) is 21.2. The molecule has 1 N–H and O–H groups in total. The van der Waals surface area contributed by atoms with Gasteiger partial charge in [0.1, 0.15) is 5.82 Å². The molecule has 3 aromatic carbocycles. The quantitative estimate of drug-likeness (QED) is 0.287.